The third-order valence-corrected chi connectivity index (χ3v) is 9.17. The van der Waals surface area contributed by atoms with Gasteiger partial charge in [0.15, 0.2) is 12.1 Å². The highest BCUT2D eigenvalue weighted by molar-refractivity contribution is 6.28. The van der Waals surface area contributed by atoms with Crippen LogP contribution in [0.5, 0.6) is 0 Å². The first-order valence-electron chi connectivity index (χ1n) is 15.6. The molecule has 4 rings (SSSR count). The average molecular weight is 581 g/mol. The normalized spacial score (nSPS) is 21.4. The summed E-state index contributed by atoms with van der Waals surface area (Å²) in [5.41, 5.74) is 0.499. The number of carbonyl (C=O) groups is 6. The summed E-state index contributed by atoms with van der Waals surface area (Å²) < 4.78 is 0. The van der Waals surface area contributed by atoms with E-state index in [9.17, 15) is 28.8 Å². The van der Waals surface area contributed by atoms with Crippen LogP contribution in [-0.2, 0) is 19.2 Å². The number of hydrogen-bond acceptors (Lipinski definition) is 6. The molecule has 3 unspecified atom stereocenters. The second-order valence-electron chi connectivity index (χ2n) is 12.0. The molecule has 228 valence electrons. The van der Waals surface area contributed by atoms with Crippen molar-refractivity contribution in [1.82, 2.24) is 20.9 Å². The number of likely N-dealkylation sites (tertiary alicyclic amines) is 1. The first-order valence-corrected chi connectivity index (χ1v) is 15.6. The summed E-state index contributed by atoms with van der Waals surface area (Å²) in [5.74, 6) is -1.40. The van der Waals surface area contributed by atoms with Gasteiger partial charge in [-0.25, -0.2) is 4.79 Å². The van der Waals surface area contributed by atoms with Gasteiger partial charge < -0.3 is 20.9 Å². The lowest BCUT2D eigenvalue weighted by Crippen LogP contribution is -2.59. The van der Waals surface area contributed by atoms with Crippen LogP contribution in [0.1, 0.15) is 94.3 Å². The van der Waals surface area contributed by atoms with E-state index in [0.29, 0.717) is 43.7 Å². The lowest BCUT2D eigenvalue weighted by atomic mass is 9.80. The number of urea groups is 1. The summed E-state index contributed by atoms with van der Waals surface area (Å²) in [5, 5.41) is 8.41. The summed E-state index contributed by atoms with van der Waals surface area (Å²) >= 11 is 0. The third-order valence-electron chi connectivity index (χ3n) is 9.17. The minimum absolute atomic E-state index is 0.0887. The van der Waals surface area contributed by atoms with Gasteiger partial charge >= 0.3 is 6.03 Å². The van der Waals surface area contributed by atoms with Crippen molar-refractivity contribution in [2.45, 2.75) is 108 Å². The molecule has 1 saturated heterocycles. The maximum Gasteiger partial charge on any atom is 0.316 e. The predicted molar refractivity (Wildman–Crippen MR) is 157 cm³/mol. The zero-order chi connectivity index (χ0) is 30.1. The Labute approximate surface area is 247 Å². The molecule has 3 fully saturated rings. The molecule has 42 heavy (non-hydrogen) atoms. The maximum absolute atomic E-state index is 14.0. The molecule has 10 nitrogen and oxygen atoms in total. The molecule has 1 aromatic carbocycles. The van der Waals surface area contributed by atoms with Crippen molar-refractivity contribution in [1.29, 1.82) is 0 Å². The van der Waals surface area contributed by atoms with Crippen molar-refractivity contribution in [3.63, 3.8) is 0 Å². The van der Waals surface area contributed by atoms with Crippen molar-refractivity contribution >= 4 is 35.7 Å². The van der Waals surface area contributed by atoms with E-state index in [0.717, 1.165) is 51.4 Å². The first-order chi connectivity index (χ1) is 20.3. The van der Waals surface area contributed by atoms with Crippen LogP contribution in [-0.4, -0.2) is 71.3 Å². The first kappa shape index (κ1) is 31.4. The fourth-order valence-electron chi connectivity index (χ4n) is 6.49. The van der Waals surface area contributed by atoms with Crippen molar-refractivity contribution in [2.75, 3.05) is 6.54 Å². The zero-order valence-electron chi connectivity index (χ0n) is 24.5. The van der Waals surface area contributed by atoms with Crippen LogP contribution >= 0.6 is 0 Å². The Balaban J connectivity index is 1.45. The number of nitrogens with one attached hydrogen (secondary N) is 3. The Kier molecular flexibility index (Phi) is 11.3. The van der Waals surface area contributed by atoms with E-state index in [2.05, 4.69) is 16.0 Å². The van der Waals surface area contributed by atoms with Crippen LogP contribution in [0.3, 0.4) is 0 Å². The van der Waals surface area contributed by atoms with Gasteiger partial charge in [0, 0.05) is 12.1 Å². The molecule has 0 spiro atoms. The highest BCUT2D eigenvalue weighted by atomic mass is 16.2. The average Bonchev–Trinajstić information content (AvgIpc) is 3.50. The van der Waals surface area contributed by atoms with Gasteiger partial charge in [-0.1, -0.05) is 75.8 Å². The lowest BCUT2D eigenvalue weighted by molar-refractivity contribution is -0.142. The minimum atomic E-state index is -0.885. The Morgan fingerprint density at radius 3 is 2.19 bits per heavy atom. The quantitative estimate of drug-likeness (QED) is 0.186. The molecule has 2 aliphatic carbocycles. The van der Waals surface area contributed by atoms with Crippen LogP contribution in [0.15, 0.2) is 30.3 Å². The summed E-state index contributed by atoms with van der Waals surface area (Å²) in [4.78, 5) is 78.7. The number of carbonyl (C=O) groups excluding carboxylic acids is 6. The van der Waals surface area contributed by atoms with Crippen LogP contribution in [0.25, 0.3) is 0 Å². The van der Waals surface area contributed by atoms with E-state index in [1.807, 2.05) is 13.0 Å². The molecule has 0 radical (unpaired) electrons. The van der Waals surface area contributed by atoms with E-state index in [1.54, 1.807) is 24.3 Å². The number of ketones is 2. The number of Topliss-reactive ketones (excluding diaryl/α,β-unsaturated/α-hetero) is 2. The van der Waals surface area contributed by atoms with Gasteiger partial charge in [-0.2, -0.15) is 0 Å². The molecule has 1 heterocycles. The molecule has 1 aromatic rings. The highest BCUT2D eigenvalue weighted by Gasteiger charge is 2.42. The van der Waals surface area contributed by atoms with Crippen molar-refractivity contribution in [3.05, 3.63) is 35.9 Å². The van der Waals surface area contributed by atoms with Crippen molar-refractivity contribution in [3.8, 4) is 0 Å². The second kappa shape index (κ2) is 15.1. The maximum atomic E-state index is 14.0. The van der Waals surface area contributed by atoms with Crippen molar-refractivity contribution < 1.29 is 28.8 Å². The van der Waals surface area contributed by atoms with Gasteiger partial charge in [0.1, 0.15) is 12.1 Å². The standard InChI is InChI=1S/C32H44N4O6/c1-2-24(29(39)23-15-7-4-8-16-23)34-32(42)35-28(22-13-5-3-6-14-22)31(41)36-18-10-17-26(36)30(40)33-25(27(38)20-37)19-21-11-9-12-21/h4,7-8,15-16,20-22,24-26,28H,2-3,5-6,9-14,17-19H2,1H3,(H,33,40)(H2,34,35,42)/t24?,25?,26-,28?/m0/s1. The van der Waals surface area contributed by atoms with Crippen molar-refractivity contribution in [2.24, 2.45) is 11.8 Å². The molecule has 4 amide bonds. The topological polar surface area (TPSA) is 142 Å². The Morgan fingerprint density at radius 2 is 1.57 bits per heavy atom. The van der Waals surface area contributed by atoms with Gasteiger partial charge in [-0.3, -0.25) is 24.0 Å². The largest absolute Gasteiger partial charge is 0.344 e. The van der Waals surface area contributed by atoms with Crippen LogP contribution in [0.4, 0.5) is 4.79 Å². The summed E-state index contributed by atoms with van der Waals surface area (Å²) in [6, 6.07) is 4.92. The van der Waals surface area contributed by atoms with E-state index < -0.39 is 41.9 Å². The number of nitrogens with zero attached hydrogens (tertiary/aromatic N) is 1. The minimum Gasteiger partial charge on any atom is -0.344 e. The molecule has 0 bridgehead atoms. The molecular formula is C32H44N4O6. The molecule has 10 heteroatoms. The van der Waals surface area contributed by atoms with Gasteiger partial charge in [0.25, 0.3) is 0 Å². The van der Waals surface area contributed by atoms with E-state index in [4.69, 9.17) is 0 Å². The Morgan fingerprint density at radius 1 is 0.857 bits per heavy atom. The van der Waals surface area contributed by atoms with Crippen LogP contribution in [0, 0.1) is 11.8 Å². The van der Waals surface area contributed by atoms with Gasteiger partial charge in [-0.15, -0.1) is 0 Å². The summed E-state index contributed by atoms with van der Waals surface area (Å²) in [7, 11) is 0. The highest BCUT2D eigenvalue weighted by Crippen LogP contribution is 2.31. The van der Waals surface area contributed by atoms with Crippen LogP contribution in [0.2, 0.25) is 0 Å². The fourth-order valence-corrected chi connectivity index (χ4v) is 6.49. The molecule has 3 aliphatic rings. The lowest BCUT2D eigenvalue weighted by Gasteiger charge is -2.35. The number of hydrogen-bond donors (Lipinski definition) is 3. The zero-order valence-corrected chi connectivity index (χ0v) is 24.5. The summed E-state index contributed by atoms with van der Waals surface area (Å²) in [6.07, 6.45) is 9.66. The van der Waals surface area contributed by atoms with E-state index >= 15 is 0 Å². The number of benzene rings is 1. The molecule has 2 saturated carbocycles. The van der Waals surface area contributed by atoms with E-state index in [1.165, 1.54) is 4.90 Å². The monoisotopic (exact) mass is 580 g/mol. The molecule has 3 N–H and O–H groups in total. The molecule has 0 aromatic heterocycles. The smallest absolute Gasteiger partial charge is 0.316 e. The third kappa shape index (κ3) is 7.83. The molecular weight excluding hydrogens is 536 g/mol. The Hall–Kier alpha value is -3.56. The van der Waals surface area contributed by atoms with Gasteiger partial charge in [-0.05, 0) is 50.4 Å². The SMILES string of the molecule is CCC(NC(=O)NC(C(=O)N1CCC[C@H]1C(=O)NC(CC1CCC1)C(=O)C=O)C1CCCCC1)C(=O)c1ccccc1. The number of amides is 4. The second-order valence-corrected chi connectivity index (χ2v) is 12.0. The molecule has 4 atom stereocenters. The summed E-state index contributed by atoms with van der Waals surface area (Å²) in [6.45, 7) is 2.18. The van der Waals surface area contributed by atoms with Gasteiger partial charge in [0.2, 0.25) is 17.6 Å². The molecule has 1 aliphatic heterocycles. The van der Waals surface area contributed by atoms with E-state index in [-0.39, 0.29) is 23.9 Å². The van der Waals surface area contributed by atoms with Crippen LogP contribution < -0.4 is 16.0 Å². The Bertz CT molecular complexity index is 1130. The van der Waals surface area contributed by atoms with Gasteiger partial charge in [0.05, 0.1) is 12.1 Å². The predicted octanol–water partition coefficient (Wildman–Crippen LogP) is 3.33. The fraction of sp³-hybridized carbons (Fsp3) is 0.625. The number of aldehydes is 1. The number of rotatable bonds is 13.